The van der Waals surface area contributed by atoms with Crippen LogP contribution in [0.3, 0.4) is 0 Å². The number of amides is 1. The van der Waals surface area contributed by atoms with E-state index in [2.05, 4.69) is 15.5 Å². The summed E-state index contributed by atoms with van der Waals surface area (Å²) in [5.41, 5.74) is 0.350. The Balaban J connectivity index is 1.74. The number of carbonyl (C=O) groups is 1. The zero-order valence-corrected chi connectivity index (χ0v) is 10.7. The summed E-state index contributed by atoms with van der Waals surface area (Å²) in [6, 6.07) is 3.42. The number of carbonyl (C=O) groups excluding carboxylic acids is 1. The van der Waals surface area contributed by atoms with Crippen LogP contribution in [0.25, 0.3) is 0 Å². The van der Waals surface area contributed by atoms with Crippen molar-refractivity contribution in [1.82, 2.24) is 19.6 Å². The molecule has 1 amide bonds. The van der Waals surface area contributed by atoms with Gasteiger partial charge in [0.2, 0.25) is 5.88 Å². The molecule has 0 aromatic carbocycles. The van der Waals surface area contributed by atoms with Crippen LogP contribution in [0, 0.1) is 0 Å². The summed E-state index contributed by atoms with van der Waals surface area (Å²) >= 11 is 0. The van der Waals surface area contributed by atoms with Gasteiger partial charge < -0.3 is 10.1 Å². The van der Waals surface area contributed by atoms with Crippen molar-refractivity contribution in [3.63, 3.8) is 0 Å². The number of ether oxygens (including phenoxy) is 1. The zero-order valence-electron chi connectivity index (χ0n) is 10.7. The molecule has 2 aromatic heterocycles. The number of hydrogen-bond acceptors (Lipinski definition) is 4. The summed E-state index contributed by atoms with van der Waals surface area (Å²) in [6.45, 7) is 4.21. The molecule has 0 radical (unpaired) electrons. The Labute approximate surface area is 110 Å². The number of aryl methyl sites for hydroxylation is 2. The third kappa shape index (κ3) is 2.31. The second-order valence-corrected chi connectivity index (χ2v) is 4.30. The lowest BCUT2D eigenvalue weighted by atomic mass is 10.4. The Morgan fingerprint density at radius 3 is 3.16 bits per heavy atom. The average molecular weight is 261 g/mol. The van der Waals surface area contributed by atoms with E-state index < -0.39 is 0 Å². The summed E-state index contributed by atoms with van der Waals surface area (Å²) in [6.07, 6.45) is 2.73. The number of rotatable bonds is 3. The summed E-state index contributed by atoms with van der Waals surface area (Å²) in [7, 11) is 0. The molecule has 0 bridgehead atoms. The van der Waals surface area contributed by atoms with E-state index in [1.54, 1.807) is 21.5 Å². The Bertz CT molecular complexity index is 578. The fourth-order valence-corrected chi connectivity index (χ4v) is 1.96. The van der Waals surface area contributed by atoms with Gasteiger partial charge in [-0.25, -0.2) is 4.68 Å². The molecule has 100 valence electrons. The fourth-order valence-electron chi connectivity index (χ4n) is 1.96. The molecule has 0 saturated carbocycles. The molecule has 2 aromatic rings. The molecule has 1 aliphatic rings. The van der Waals surface area contributed by atoms with Crippen LogP contribution in [0.2, 0.25) is 0 Å². The van der Waals surface area contributed by atoms with Crippen molar-refractivity contribution in [2.24, 2.45) is 0 Å². The number of hydrogen-bond donors (Lipinski definition) is 1. The molecule has 3 rings (SSSR count). The van der Waals surface area contributed by atoms with Crippen LogP contribution in [0.15, 0.2) is 18.3 Å². The molecule has 0 spiro atoms. The molecule has 0 unspecified atom stereocenters. The number of anilines is 1. The van der Waals surface area contributed by atoms with Gasteiger partial charge in [0, 0.05) is 37.8 Å². The summed E-state index contributed by atoms with van der Waals surface area (Å²) in [5, 5.41) is 11.1. The first-order valence-corrected chi connectivity index (χ1v) is 6.31. The molecule has 0 fully saturated rings. The topological polar surface area (TPSA) is 74.0 Å². The highest BCUT2D eigenvalue weighted by molar-refractivity contribution is 6.02. The largest absolute Gasteiger partial charge is 0.478 e. The van der Waals surface area contributed by atoms with Crippen LogP contribution < -0.4 is 10.1 Å². The van der Waals surface area contributed by atoms with Gasteiger partial charge in [0.1, 0.15) is 0 Å². The van der Waals surface area contributed by atoms with Crippen molar-refractivity contribution in [2.45, 2.75) is 26.4 Å². The first-order valence-electron chi connectivity index (χ1n) is 6.31. The molecular weight excluding hydrogens is 246 g/mol. The van der Waals surface area contributed by atoms with Gasteiger partial charge in [-0.05, 0) is 6.92 Å². The maximum Gasteiger partial charge on any atom is 0.277 e. The van der Waals surface area contributed by atoms with E-state index in [0.29, 0.717) is 24.0 Å². The molecule has 0 aliphatic carbocycles. The molecule has 1 N–H and O–H groups in total. The first-order chi connectivity index (χ1) is 9.26. The number of nitrogens with zero attached hydrogens (tertiary/aromatic N) is 4. The second-order valence-electron chi connectivity index (χ2n) is 4.30. The Morgan fingerprint density at radius 2 is 2.42 bits per heavy atom. The summed E-state index contributed by atoms with van der Waals surface area (Å²) < 4.78 is 8.89. The summed E-state index contributed by atoms with van der Waals surface area (Å²) in [5.74, 6) is 0.904. The number of aromatic nitrogens is 4. The van der Waals surface area contributed by atoms with Crippen LogP contribution in [0.5, 0.6) is 5.88 Å². The van der Waals surface area contributed by atoms with Gasteiger partial charge in [0.15, 0.2) is 11.5 Å². The van der Waals surface area contributed by atoms with Crippen molar-refractivity contribution in [3.8, 4) is 5.88 Å². The molecular formula is C12H15N5O2. The molecule has 0 atom stereocenters. The van der Waals surface area contributed by atoms with Crippen molar-refractivity contribution in [3.05, 3.63) is 24.0 Å². The SMILES string of the molecule is CCn1ccc(NC(=O)c2cc3n(n2)CCCO3)n1. The Kier molecular flexibility index (Phi) is 2.94. The van der Waals surface area contributed by atoms with E-state index in [1.807, 2.05) is 13.1 Å². The minimum absolute atomic E-state index is 0.271. The third-order valence-electron chi connectivity index (χ3n) is 2.95. The fraction of sp³-hybridized carbons (Fsp3) is 0.417. The molecule has 3 heterocycles. The van der Waals surface area contributed by atoms with Crippen LogP contribution in [0.1, 0.15) is 23.8 Å². The standard InChI is InChI=1S/C12H15N5O2/c1-2-16-6-4-10(15-16)13-12(18)9-8-11-17(14-9)5-3-7-19-11/h4,6,8H,2-3,5,7H2,1H3,(H,13,15,18). The minimum Gasteiger partial charge on any atom is -0.478 e. The van der Waals surface area contributed by atoms with E-state index in [1.165, 1.54) is 0 Å². The van der Waals surface area contributed by atoms with Gasteiger partial charge in [-0.3, -0.25) is 9.48 Å². The zero-order chi connectivity index (χ0) is 13.2. The van der Waals surface area contributed by atoms with Crippen molar-refractivity contribution in [1.29, 1.82) is 0 Å². The smallest absolute Gasteiger partial charge is 0.277 e. The van der Waals surface area contributed by atoms with Gasteiger partial charge in [0.05, 0.1) is 6.61 Å². The molecule has 1 aliphatic heterocycles. The predicted octanol–water partition coefficient (Wildman–Crippen LogP) is 1.13. The molecule has 7 heteroatoms. The van der Waals surface area contributed by atoms with Gasteiger partial charge in [-0.2, -0.15) is 10.2 Å². The minimum atomic E-state index is -0.271. The summed E-state index contributed by atoms with van der Waals surface area (Å²) in [4.78, 5) is 12.0. The van der Waals surface area contributed by atoms with Crippen LogP contribution in [0.4, 0.5) is 5.82 Å². The second kappa shape index (κ2) is 4.75. The molecule has 19 heavy (non-hydrogen) atoms. The van der Waals surface area contributed by atoms with Crippen LogP contribution >= 0.6 is 0 Å². The van der Waals surface area contributed by atoms with Gasteiger partial charge >= 0.3 is 0 Å². The maximum absolute atomic E-state index is 12.0. The van der Waals surface area contributed by atoms with Crippen molar-refractivity contribution in [2.75, 3.05) is 11.9 Å². The average Bonchev–Trinajstić information content (AvgIpc) is 3.04. The maximum atomic E-state index is 12.0. The van der Waals surface area contributed by atoms with Crippen LogP contribution in [-0.4, -0.2) is 32.1 Å². The molecule has 0 saturated heterocycles. The highest BCUT2D eigenvalue weighted by atomic mass is 16.5. The van der Waals surface area contributed by atoms with Gasteiger partial charge in [0.25, 0.3) is 5.91 Å². The monoisotopic (exact) mass is 261 g/mol. The lowest BCUT2D eigenvalue weighted by Crippen LogP contribution is -2.16. The van der Waals surface area contributed by atoms with E-state index in [4.69, 9.17) is 4.74 Å². The molecule has 7 nitrogen and oxygen atoms in total. The predicted molar refractivity (Wildman–Crippen MR) is 68.2 cm³/mol. The number of nitrogens with one attached hydrogen (secondary N) is 1. The normalized spacial score (nSPS) is 13.7. The highest BCUT2D eigenvalue weighted by Crippen LogP contribution is 2.18. The van der Waals surface area contributed by atoms with E-state index >= 15 is 0 Å². The number of fused-ring (bicyclic) bond motifs is 1. The Morgan fingerprint density at radius 1 is 1.53 bits per heavy atom. The van der Waals surface area contributed by atoms with Gasteiger partial charge in [-0.15, -0.1) is 0 Å². The van der Waals surface area contributed by atoms with E-state index in [0.717, 1.165) is 19.5 Å². The van der Waals surface area contributed by atoms with Crippen LogP contribution in [-0.2, 0) is 13.1 Å². The first kappa shape index (κ1) is 11.8. The quantitative estimate of drug-likeness (QED) is 0.899. The van der Waals surface area contributed by atoms with Gasteiger partial charge in [-0.1, -0.05) is 0 Å². The lowest BCUT2D eigenvalue weighted by molar-refractivity contribution is 0.102. The van der Waals surface area contributed by atoms with Crippen molar-refractivity contribution >= 4 is 11.7 Å². The van der Waals surface area contributed by atoms with Crippen molar-refractivity contribution < 1.29 is 9.53 Å². The third-order valence-corrected chi connectivity index (χ3v) is 2.95. The Hall–Kier alpha value is -2.31. The van der Waals surface area contributed by atoms with E-state index in [-0.39, 0.29) is 5.91 Å². The highest BCUT2D eigenvalue weighted by Gasteiger charge is 2.18. The van der Waals surface area contributed by atoms with E-state index in [9.17, 15) is 4.79 Å². The lowest BCUT2D eigenvalue weighted by Gasteiger charge is -2.13.